The first kappa shape index (κ1) is 20.5. The first-order chi connectivity index (χ1) is 14.0. The molecule has 0 unspecified atom stereocenters. The number of carbonyl (C=O) groups excluding carboxylic acids is 3. The highest BCUT2D eigenvalue weighted by Crippen LogP contribution is 2.29. The molecule has 3 rings (SSSR count). The lowest BCUT2D eigenvalue weighted by Crippen LogP contribution is -2.43. The molecule has 8 heteroatoms. The van der Waals surface area contributed by atoms with E-state index in [2.05, 4.69) is 0 Å². The van der Waals surface area contributed by atoms with E-state index in [0.29, 0.717) is 0 Å². The van der Waals surface area contributed by atoms with Crippen LogP contribution in [0.3, 0.4) is 0 Å². The van der Waals surface area contributed by atoms with Crippen molar-refractivity contribution in [3.8, 4) is 0 Å². The third-order valence-corrected chi connectivity index (χ3v) is 4.34. The van der Waals surface area contributed by atoms with Gasteiger partial charge in [-0.05, 0) is 24.3 Å². The van der Waals surface area contributed by atoms with E-state index in [1.807, 2.05) is 0 Å². The molecule has 2 aromatic carbocycles. The minimum absolute atomic E-state index is 0.269. The molecule has 0 saturated carbocycles. The van der Waals surface area contributed by atoms with Crippen molar-refractivity contribution in [2.24, 2.45) is 0 Å². The van der Waals surface area contributed by atoms with E-state index in [0.717, 1.165) is 0 Å². The summed E-state index contributed by atoms with van der Waals surface area (Å²) in [4.78, 5) is 37.2. The van der Waals surface area contributed by atoms with Crippen LogP contribution in [-0.2, 0) is 28.5 Å². The molecule has 8 nitrogen and oxygen atoms in total. The van der Waals surface area contributed by atoms with Gasteiger partial charge in [-0.15, -0.1) is 0 Å². The number of benzene rings is 2. The van der Waals surface area contributed by atoms with Gasteiger partial charge in [0.2, 0.25) is 0 Å². The summed E-state index contributed by atoms with van der Waals surface area (Å²) in [6.45, 7) is 0. The maximum atomic E-state index is 12.5. The fourth-order valence-corrected chi connectivity index (χ4v) is 2.91. The molecule has 1 fully saturated rings. The van der Waals surface area contributed by atoms with Gasteiger partial charge in [0.15, 0.2) is 24.6 Å². The van der Waals surface area contributed by atoms with E-state index < -0.39 is 42.5 Å². The van der Waals surface area contributed by atoms with Gasteiger partial charge in [0.25, 0.3) is 0 Å². The molecule has 0 radical (unpaired) electrons. The molecule has 0 amide bonds. The van der Waals surface area contributed by atoms with Crippen molar-refractivity contribution in [2.45, 2.75) is 24.6 Å². The predicted octanol–water partition coefficient (Wildman–Crippen LogP) is 1.98. The van der Waals surface area contributed by atoms with Crippen LogP contribution in [0, 0.1) is 0 Å². The zero-order chi connectivity index (χ0) is 20.8. The van der Waals surface area contributed by atoms with Gasteiger partial charge in [-0.3, -0.25) is 0 Å². The monoisotopic (exact) mass is 400 g/mol. The van der Waals surface area contributed by atoms with Crippen LogP contribution >= 0.6 is 0 Å². The molecule has 152 valence electrons. The Kier molecular flexibility index (Phi) is 6.58. The summed E-state index contributed by atoms with van der Waals surface area (Å²) in [5.74, 6) is -2.16. The van der Waals surface area contributed by atoms with Crippen molar-refractivity contribution in [1.29, 1.82) is 0 Å². The molecule has 0 spiro atoms. The van der Waals surface area contributed by atoms with Crippen molar-refractivity contribution in [1.82, 2.24) is 0 Å². The summed E-state index contributed by atoms with van der Waals surface area (Å²) in [6.07, 6.45) is -4.87. The van der Waals surface area contributed by atoms with Gasteiger partial charge in [-0.1, -0.05) is 36.4 Å². The normalized spacial score (nSPS) is 23.2. The first-order valence-electron chi connectivity index (χ1n) is 8.83. The summed E-state index contributed by atoms with van der Waals surface area (Å²) in [6, 6.07) is 16.5. The van der Waals surface area contributed by atoms with Crippen molar-refractivity contribution >= 4 is 17.9 Å². The van der Waals surface area contributed by atoms with Crippen molar-refractivity contribution in [2.75, 3.05) is 14.2 Å². The quantitative estimate of drug-likeness (QED) is 0.536. The van der Waals surface area contributed by atoms with E-state index in [1.165, 1.54) is 14.2 Å². The van der Waals surface area contributed by atoms with Crippen LogP contribution in [0.5, 0.6) is 0 Å². The number of hydrogen-bond acceptors (Lipinski definition) is 8. The third kappa shape index (κ3) is 4.61. The van der Waals surface area contributed by atoms with Gasteiger partial charge in [0.1, 0.15) is 0 Å². The number of carbonyl (C=O) groups is 3. The van der Waals surface area contributed by atoms with Gasteiger partial charge in [-0.2, -0.15) is 0 Å². The van der Waals surface area contributed by atoms with E-state index in [-0.39, 0.29) is 11.1 Å². The Morgan fingerprint density at radius 1 is 0.759 bits per heavy atom. The molecule has 1 heterocycles. The Hall–Kier alpha value is -3.23. The van der Waals surface area contributed by atoms with Crippen molar-refractivity contribution in [3.05, 3.63) is 71.8 Å². The molecule has 29 heavy (non-hydrogen) atoms. The smallest absolute Gasteiger partial charge is 0.339 e. The van der Waals surface area contributed by atoms with Gasteiger partial charge in [-0.25, -0.2) is 14.4 Å². The average molecular weight is 400 g/mol. The lowest BCUT2D eigenvalue weighted by atomic mass is 10.1. The summed E-state index contributed by atoms with van der Waals surface area (Å²) in [7, 11) is 2.50. The maximum Gasteiger partial charge on any atom is 0.339 e. The average Bonchev–Trinajstić information content (AvgIpc) is 3.11. The second-order valence-electron chi connectivity index (χ2n) is 6.16. The number of esters is 3. The van der Waals surface area contributed by atoms with E-state index >= 15 is 0 Å². The first-order valence-corrected chi connectivity index (χ1v) is 8.83. The predicted molar refractivity (Wildman–Crippen MR) is 99.0 cm³/mol. The molecule has 0 bridgehead atoms. The topological polar surface area (TPSA) is 97.4 Å². The fraction of sp³-hybridized carbons (Fsp3) is 0.286. The van der Waals surface area contributed by atoms with E-state index in [4.69, 9.17) is 23.7 Å². The summed E-state index contributed by atoms with van der Waals surface area (Å²) < 4.78 is 26.4. The van der Waals surface area contributed by atoms with Crippen LogP contribution in [-0.4, -0.2) is 56.7 Å². The van der Waals surface area contributed by atoms with E-state index in [1.54, 1.807) is 60.7 Å². The number of ether oxygens (including phenoxy) is 5. The Labute approximate surface area is 167 Å². The van der Waals surface area contributed by atoms with Crippen molar-refractivity contribution in [3.63, 3.8) is 0 Å². The summed E-state index contributed by atoms with van der Waals surface area (Å²) >= 11 is 0. The molecular formula is C21H20O8. The van der Waals surface area contributed by atoms with Gasteiger partial charge in [0, 0.05) is 7.11 Å². The Morgan fingerprint density at radius 3 is 1.69 bits per heavy atom. The van der Waals surface area contributed by atoms with Gasteiger partial charge >= 0.3 is 17.9 Å². The van der Waals surface area contributed by atoms with Crippen molar-refractivity contribution < 1.29 is 38.1 Å². The molecule has 1 aliphatic heterocycles. The molecule has 1 aliphatic rings. The van der Waals surface area contributed by atoms with E-state index in [9.17, 15) is 14.4 Å². The van der Waals surface area contributed by atoms with Gasteiger partial charge in [0.05, 0.1) is 18.2 Å². The molecule has 2 aromatic rings. The zero-order valence-electron chi connectivity index (χ0n) is 15.8. The largest absolute Gasteiger partial charge is 0.467 e. The highest BCUT2D eigenvalue weighted by molar-refractivity contribution is 5.91. The fourth-order valence-electron chi connectivity index (χ4n) is 2.91. The number of rotatable bonds is 6. The lowest BCUT2D eigenvalue weighted by molar-refractivity contribution is -0.174. The van der Waals surface area contributed by atoms with Crippen LogP contribution in [0.4, 0.5) is 0 Å². The van der Waals surface area contributed by atoms with Crippen LogP contribution in [0.25, 0.3) is 0 Å². The minimum Gasteiger partial charge on any atom is -0.467 e. The number of methoxy groups -OCH3 is 2. The van der Waals surface area contributed by atoms with Crippen LogP contribution in [0.1, 0.15) is 20.7 Å². The molecule has 0 aliphatic carbocycles. The molecule has 0 aromatic heterocycles. The second kappa shape index (κ2) is 9.31. The molecule has 1 saturated heterocycles. The number of hydrogen-bond donors (Lipinski definition) is 0. The third-order valence-electron chi connectivity index (χ3n) is 4.34. The Balaban J connectivity index is 1.86. The van der Waals surface area contributed by atoms with Gasteiger partial charge < -0.3 is 23.7 Å². The second-order valence-corrected chi connectivity index (χ2v) is 6.16. The molecule has 0 N–H and O–H groups in total. The maximum absolute atomic E-state index is 12.5. The summed E-state index contributed by atoms with van der Waals surface area (Å²) in [5.41, 5.74) is 0.558. The van der Waals surface area contributed by atoms with Crippen LogP contribution in [0.15, 0.2) is 60.7 Å². The Bertz CT molecular complexity index is 851. The molecule has 4 atom stereocenters. The highest BCUT2D eigenvalue weighted by Gasteiger charge is 2.53. The van der Waals surface area contributed by atoms with Crippen LogP contribution < -0.4 is 0 Å². The zero-order valence-corrected chi connectivity index (χ0v) is 15.8. The standard InChI is InChI=1S/C21H20O8/c1-25-20(24)16-15(27-18(22)13-9-5-3-6-10-13)17(21(26-2)29-16)28-19(23)14-11-7-4-8-12-14/h3-12,15-17,21H,1-2H3/t15-,16+,17-,21-/m1/s1. The molecular weight excluding hydrogens is 380 g/mol. The highest BCUT2D eigenvalue weighted by atomic mass is 16.7. The SMILES string of the molecule is COC(=O)[C@H]1O[C@@H](OC)[C@H](OC(=O)c2ccccc2)[C@@H]1OC(=O)c1ccccc1. The lowest BCUT2D eigenvalue weighted by Gasteiger charge is -2.23. The summed E-state index contributed by atoms with van der Waals surface area (Å²) in [5, 5.41) is 0. The minimum atomic E-state index is -1.31. The Morgan fingerprint density at radius 2 is 1.24 bits per heavy atom. The van der Waals surface area contributed by atoms with Crippen LogP contribution in [0.2, 0.25) is 0 Å².